The lowest BCUT2D eigenvalue weighted by Gasteiger charge is -2.05. The fourth-order valence-corrected chi connectivity index (χ4v) is 4.60. The van der Waals surface area contributed by atoms with Crippen LogP contribution in [0.4, 0.5) is 5.13 Å². The molecule has 0 bridgehead atoms. The summed E-state index contributed by atoms with van der Waals surface area (Å²) in [5.74, 6) is 0.622. The number of amides is 1. The maximum atomic E-state index is 12.5. The molecule has 4 aromatic rings. The summed E-state index contributed by atoms with van der Waals surface area (Å²) >= 11 is 2.94. The summed E-state index contributed by atoms with van der Waals surface area (Å²) in [6.07, 6.45) is 1.23. The van der Waals surface area contributed by atoms with Crippen molar-refractivity contribution in [2.45, 2.75) is 19.8 Å². The third-order valence-electron chi connectivity index (χ3n) is 4.64. The van der Waals surface area contributed by atoms with Crippen LogP contribution in [0, 0.1) is 0 Å². The van der Waals surface area contributed by atoms with Crippen LogP contribution in [0.5, 0.6) is 5.75 Å². The molecule has 0 saturated carbocycles. The molecule has 1 N–H and O–H groups in total. The minimum atomic E-state index is -0.130. The van der Waals surface area contributed by atoms with Crippen LogP contribution in [0.3, 0.4) is 0 Å². The lowest BCUT2D eigenvalue weighted by molar-refractivity contribution is -0.115. The normalized spacial score (nSPS) is 10.7. The van der Waals surface area contributed by atoms with Gasteiger partial charge in [-0.25, -0.2) is 9.97 Å². The van der Waals surface area contributed by atoms with Gasteiger partial charge in [-0.2, -0.15) is 0 Å². The van der Waals surface area contributed by atoms with Gasteiger partial charge >= 0.3 is 0 Å². The number of carbonyl (C=O) groups excluding carboxylic acids is 1. The van der Waals surface area contributed by atoms with Gasteiger partial charge in [0.05, 0.1) is 24.9 Å². The minimum Gasteiger partial charge on any atom is -0.496 e. The molecule has 2 aromatic carbocycles. The Morgan fingerprint density at radius 2 is 1.83 bits per heavy atom. The van der Waals surface area contributed by atoms with Gasteiger partial charge in [0.2, 0.25) is 5.91 Å². The zero-order valence-electron chi connectivity index (χ0n) is 16.7. The van der Waals surface area contributed by atoms with Crippen LogP contribution in [0.15, 0.2) is 59.3 Å². The first kappa shape index (κ1) is 20.3. The molecular weight excluding hydrogens is 414 g/mol. The number of nitrogens with one attached hydrogen (secondary N) is 1. The molecule has 0 atom stereocenters. The van der Waals surface area contributed by atoms with Crippen molar-refractivity contribution < 1.29 is 9.53 Å². The van der Waals surface area contributed by atoms with Crippen molar-refractivity contribution in [3.8, 4) is 27.6 Å². The molecule has 0 aliphatic carbocycles. The Morgan fingerprint density at radius 3 is 2.60 bits per heavy atom. The van der Waals surface area contributed by atoms with Gasteiger partial charge in [-0.3, -0.25) is 4.79 Å². The third kappa shape index (κ3) is 4.58. The number of rotatable bonds is 7. The van der Waals surface area contributed by atoms with Crippen molar-refractivity contribution in [2.75, 3.05) is 12.4 Å². The zero-order chi connectivity index (χ0) is 20.9. The van der Waals surface area contributed by atoms with Crippen molar-refractivity contribution >= 4 is 33.7 Å². The molecule has 0 aliphatic heterocycles. The molecule has 0 aliphatic rings. The van der Waals surface area contributed by atoms with Gasteiger partial charge < -0.3 is 10.1 Å². The highest BCUT2D eigenvalue weighted by molar-refractivity contribution is 7.14. The Hall–Kier alpha value is -3.03. The quantitative estimate of drug-likeness (QED) is 0.405. The van der Waals surface area contributed by atoms with Gasteiger partial charge in [-0.15, -0.1) is 22.7 Å². The fraction of sp³-hybridized carbons (Fsp3) is 0.174. The molecule has 2 aromatic heterocycles. The van der Waals surface area contributed by atoms with E-state index in [4.69, 9.17) is 4.74 Å². The molecule has 1 amide bonds. The Kier molecular flexibility index (Phi) is 6.21. The number of hydrogen-bond acceptors (Lipinski definition) is 6. The SMILES string of the molecule is CCc1ccc(-c2nc(CC(=O)Nc3nc(-c4ccccc4OC)cs3)cs2)cc1. The van der Waals surface area contributed by atoms with E-state index in [1.807, 2.05) is 35.0 Å². The molecule has 0 saturated heterocycles. The van der Waals surface area contributed by atoms with Crippen LogP contribution in [0.25, 0.3) is 21.8 Å². The van der Waals surface area contributed by atoms with Crippen LogP contribution < -0.4 is 10.1 Å². The second-order valence-electron chi connectivity index (χ2n) is 6.66. The summed E-state index contributed by atoms with van der Waals surface area (Å²) in [4.78, 5) is 21.6. The Morgan fingerprint density at radius 1 is 1.03 bits per heavy atom. The van der Waals surface area contributed by atoms with Gasteiger partial charge in [0.25, 0.3) is 0 Å². The molecule has 2 heterocycles. The molecule has 0 unspecified atom stereocenters. The molecule has 152 valence electrons. The average Bonchev–Trinajstić information content (AvgIpc) is 3.43. The second kappa shape index (κ2) is 9.19. The van der Waals surface area contributed by atoms with Crippen LogP contribution in [-0.2, 0) is 17.6 Å². The smallest absolute Gasteiger partial charge is 0.232 e. The molecule has 0 fully saturated rings. The monoisotopic (exact) mass is 435 g/mol. The molecule has 0 spiro atoms. The first-order valence-corrected chi connectivity index (χ1v) is 11.3. The Bertz CT molecular complexity index is 1150. The number of benzene rings is 2. The van der Waals surface area contributed by atoms with Gasteiger partial charge in [0, 0.05) is 21.9 Å². The van der Waals surface area contributed by atoms with E-state index in [0.717, 1.165) is 39.7 Å². The Balaban J connectivity index is 1.41. The highest BCUT2D eigenvalue weighted by Crippen LogP contribution is 2.32. The predicted octanol–water partition coefficient (Wildman–Crippen LogP) is 5.69. The van der Waals surface area contributed by atoms with Gasteiger partial charge in [0.15, 0.2) is 5.13 Å². The van der Waals surface area contributed by atoms with Crippen LogP contribution in [0.2, 0.25) is 0 Å². The van der Waals surface area contributed by atoms with E-state index >= 15 is 0 Å². The maximum Gasteiger partial charge on any atom is 0.232 e. The van der Waals surface area contributed by atoms with E-state index < -0.39 is 0 Å². The Labute approximate surface area is 183 Å². The zero-order valence-corrected chi connectivity index (χ0v) is 18.3. The summed E-state index contributed by atoms with van der Waals surface area (Å²) in [5.41, 5.74) is 4.80. The number of thiazole rings is 2. The van der Waals surface area contributed by atoms with E-state index in [0.29, 0.717) is 5.13 Å². The topological polar surface area (TPSA) is 64.1 Å². The molecule has 4 rings (SSSR count). The average molecular weight is 436 g/mol. The predicted molar refractivity (Wildman–Crippen MR) is 123 cm³/mol. The van der Waals surface area contributed by atoms with E-state index in [1.54, 1.807) is 18.4 Å². The molecule has 30 heavy (non-hydrogen) atoms. The van der Waals surface area contributed by atoms with Gasteiger partial charge in [0.1, 0.15) is 10.8 Å². The first-order valence-electron chi connectivity index (χ1n) is 9.58. The maximum absolute atomic E-state index is 12.5. The number of ether oxygens (including phenoxy) is 1. The van der Waals surface area contributed by atoms with E-state index in [9.17, 15) is 4.79 Å². The third-order valence-corrected chi connectivity index (χ3v) is 6.33. The van der Waals surface area contributed by atoms with Crippen molar-refractivity contribution in [1.29, 1.82) is 0 Å². The number of aryl methyl sites for hydroxylation is 1. The standard InChI is InChI=1S/C23H21N3O2S2/c1-3-15-8-10-16(11-9-15)22-24-17(13-29-22)12-21(27)26-23-25-19(14-30-23)18-6-4-5-7-20(18)28-2/h4-11,13-14H,3,12H2,1-2H3,(H,25,26,27). The highest BCUT2D eigenvalue weighted by atomic mass is 32.1. The summed E-state index contributed by atoms with van der Waals surface area (Å²) < 4.78 is 5.39. The largest absolute Gasteiger partial charge is 0.496 e. The first-order chi connectivity index (χ1) is 14.7. The van der Waals surface area contributed by atoms with E-state index in [-0.39, 0.29) is 12.3 Å². The van der Waals surface area contributed by atoms with Crippen molar-refractivity contribution in [1.82, 2.24) is 9.97 Å². The number of aromatic nitrogens is 2. The number of para-hydroxylation sites is 1. The van der Waals surface area contributed by atoms with Crippen LogP contribution in [-0.4, -0.2) is 23.0 Å². The van der Waals surface area contributed by atoms with Gasteiger partial charge in [-0.1, -0.05) is 43.3 Å². The molecule has 5 nitrogen and oxygen atoms in total. The number of carbonyl (C=O) groups is 1. The summed E-state index contributed by atoms with van der Waals surface area (Å²) in [5, 5.41) is 8.21. The fourth-order valence-electron chi connectivity index (χ4n) is 3.04. The highest BCUT2D eigenvalue weighted by Gasteiger charge is 2.13. The summed E-state index contributed by atoms with van der Waals surface area (Å²) in [6.45, 7) is 2.14. The number of hydrogen-bond donors (Lipinski definition) is 1. The van der Waals surface area contributed by atoms with Crippen molar-refractivity contribution in [2.24, 2.45) is 0 Å². The van der Waals surface area contributed by atoms with Crippen molar-refractivity contribution in [3.05, 3.63) is 70.5 Å². The molecular formula is C23H21N3O2S2. The van der Waals surface area contributed by atoms with Crippen LogP contribution in [0.1, 0.15) is 18.2 Å². The van der Waals surface area contributed by atoms with Crippen LogP contribution >= 0.6 is 22.7 Å². The molecule has 7 heteroatoms. The second-order valence-corrected chi connectivity index (χ2v) is 8.37. The summed E-state index contributed by atoms with van der Waals surface area (Å²) in [6, 6.07) is 16.1. The van der Waals surface area contributed by atoms with Gasteiger partial charge in [-0.05, 0) is 24.1 Å². The van der Waals surface area contributed by atoms with Crippen molar-refractivity contribution in [3.63, 3.8) is 0 Å². The molecule has 0 radical (unpaired) electrons. The number of methoxy groups -OCH3 is 1. The number of anilines is 1. The minimum absolute atomic E-state index is 0.130. The lowest BCUT2D eigenvalue weighted by Crippen LogP contribution is -2.14. The lowest BCUT2D eigenvalue weighted by atomic mass is 10.1. The number of nitrogens with zero attached hydrogens (tertiary/aromatic N) is 2. The van der Waals surface area contributed by atoms with E-state index in [2.05, 4.69) is 46.5 Å². The van der Waals surface area contributed by atoms with E-state index in [1.165, 1.54) is 16.9 Å². The summed E-state index contributed by atoms with van der Waals surface area (Å²) in [7, 11) is 1.63.